The molecule has 0 saturated carbocycles. The second-order valence-electron chi connectivity index (χ2n) is 3.60. The number of benzene rings is 1. The van der Waals surface area contributed by atoms with Crippen molar-refractivity contribution in [3.8, 4) is 0 Å². The fraction of sp³-hybridized carbons (Fsp3) is 0.333. The second kappa shape index (κ2) is 3.95. The maximum atomic E-state index is 9.30. The molecular weight excluding hydrogens is 176 g/mol. The van der Waals surface area contributed by atoms with Gasteiger partial charge in [-0.15, -0.1) is 0 Å². The van der Waals surface area contributed by atoms with Crippen molar-refractivity contribution < 1.29 is 9.84 Å². The van der Waals surface area contributed by atoms with Crippen LogP contribution in [0.4, 0.5) is 0 Å². The van der Waals surface area contributed by atoms with E-state index in [9.17, 15) is 5.11 Å². The highest BCUT2D eigenvalue weighted by Crippen LogP contribution is 2.23. The lowest BCUT2D eigenvalue weighted by molar-refractivity contribution is -0.0171. The Bertz CT molecular complexity index is 318. The quantitative estimate of drug-likeness (QED) is 0.733. The average molecular weight is 190 g/mol. The summed E-state index contributed by atoms with van der Waals surface area (Å²) in [6.07, 6.45) is 4.65. The lowest BCUT2D eigenvalue weighted by Gasteiger charge is -2.24. The van der Waals surface area contributed by atoms with E-state index >= 15 is 0 Å². The van der Waals surface area contributed by atoms with Gasteiger partial charge in [-0.3, -0.25) is 0 Å². The molecule has 14 heavy (non-hydrogen) atoms. The summed E-state index contributed by atoms with van der Waals surface area (Å²) in [5.41, 5.74) is 0.703. The molecule has 0 amide bonds. The maximum absolute atomic E-state index is 9.30. The van der Waals surface area contributed by atoms with Crippen molar-refractivity contribution in [2.24, 2.45) is 0 Å². The van der Waals surface area contributed by atoms with Crippen LogP contribution in [-0.4, -0.2) is 23.9 Å². The molecule has 2 heteroatoms. The molecule has 1 aromatic carbocycles. The maximum Gasteiger partial charge on any atom is 0.114 e. The molecule has 0 spiro atoms. The van der Waals surface area contributed by atoms with Crippen LogP contribution in [0.2, 0.25) is 0 Å². The van der Waals surface area contributed by atoms with E-state index in [4.69, 9.17) is 4.74 Å². The average Bonchev–Trinajstić information content (AvgIpc) is 2.69. The van der Waals surface area contributed by atoms with Crippen LogP contribution in [0.1, 0.15) is 5.56 Å². The molecule has 1 aliphatic rings. The highest BCUT2D eigenvalue weighted by molar-refractivity contribution is 5.21. The van der Waals surface area contributed by atoms with Gasteiger partial charge < -0.3 is 9.84 Å². The predicted molar refractivity (Wildman–Crippen MR) is 55.1 cm³/mol. The van der Waals surface area contributed by atoms with Gasteiger partial charge in [0.05, 0.1) is 13.2 Å². The van der Waals surface area contributed by atoms with Crippen LogP contribution in [0.5, 0.6) is 0 Å². The molecule has 0 radical (unpaired) electrons. The molecule has 74 valence electrons. The molecule has 0 fully saturated rings. The summed E-state index contributed by atoms with van der Waals surface area (Å²) in [7, 11) is 0. The van der Waals surface area contributed by atoms with Crippen LogP contribution >= 0.6 is 0 Å². The van der Waals surface area contributed by atoms with Crippen molar-refractivity contribution >= 4 is 0 Å². The van der Waals surface area contributed by atoms with Gasteiger partial charge in [-0.2, -0.15) is 0 Å². The molecule has 1 aromatic rings. The Kier molecular flexibility index (Phi) is 2.66. The Morgan fingerprint density at radius 3 is 2.64 bits per heavy atom. The summed E-state index contributed by atoms with van der Waals surface area (Å²) in [6, 6.07) is 10.1. The zero-order valence-electron chi connectivity index (χ0n) is 8.02. The van der Waals surface area contributed by atoms with E-state index in [2.05, 4.69) is 0 Å². The van der Waals surface area contributed by atoms with E-state index in [0.717, 1.165) is 6.42 Å². The monoisotopic (exact) mass is 190 g/mol. The molecule has 1 unspecified atom stereocenters. The smallest absolute Gasteiger partial charge is 0.114 e. The number of aliphatic hydroxyl groups excluding tert-OH is 1. The van der Waals surface area contributed by atoms with E-state index in [1.165, 1.54) is 5.56 Å². The first kappa shape index (κ1) is 9.44. The van der Waals surface area contributed by atoms with Crippen LogP contribution in [0.15, 0.2) is 42.5 Å². The molecule has 1 aliphatic heterocycles. The van der Waals surface area contributed by atoms with E-state index in [1.54, 1.807) is 0 Å². The minimum Gasteiger partial charge on any atom is -0.393 e. The Hall–Kier alpha value is -1.12. The van der Waals surface area contributed by atoms with Gasteiger partial charge in [-0.25, -0.2) is 0 Å². The molecule has 2 rings (SSSR count). The molecular formula is C12H14O2. The number of hydrogen-bond donors (Lipinski definition) is 1. The third-order valence-electron chi connectivity index (χ3n) is 2.50. The van der Waals surface area contributed by atoms with E-state index in [-0.39, 0.29) is 6.61 Å². The van der Waals surface area contributed by atoms with E-state index < -0.39 is 5.60 Å². The number of aliphatic hydroxyl groups is 1. The van der Waals surface area contributed by atoms with E-state index in [0.29, 0.717) is 6.61 Å². The fourth-order valence-electron chi connectivity index (χ4n) is 1.73. The van der Waals surface area contributed by atoms with Gasteiger partial charge in [-0.05, 0) is 5.56 Å². The Labute approximate surface area is 83.8 Å². The van der Waals surface area contributed by atoms with Crippen molar-refractivity contribution in [3.05, 3.63) is 48.0 Å². The van der Waals surface area contributed by atoms with Gasteiger partial charge >= 0.3 is 0 Å². The van der Waals surface area contributed by atoms with Crippen molar-refractivity contribution in [2.45, 2.75) is 12.0 Å². The zero-order chi connectivity index (χ0) is 9.86. The molecule has 0 saturated heterocycles. The first-order valence-electron chi connectivity index (χ1n) is 4.81. The lowest BCUT2D eigenvalue weighted by atomic mass is 9.96. The third kappa shape index (κ3) is 1.86. The zero-order valence-corrected chi connectivity index (χ0v) is 8.02. The van der Waals surface area contributed by atoms with Crippen LogP contribution in [-0.2, 0) is 11.2 Å². The molecule has 2 nitrogen and oxygen atoms in total. The SMILES string of the molecule is OCC1(Cc2ccccc2)C=CCO1. The molecule has 1 atom stereocenters. The predicted octanol–water partition coefficient (Wildman–Crippen LogP) is 1.55. The third-order valence-corrected chi connectivity index (χ3v) is 2.50. The molecule has 0 aromatic heterocycles. The fourth-order valence-corrected chi connectivity index (χ4v) is 1.73. The normalized spacial score (nSPS) is 25.5. The summed E-state index contributed by atoms with van der Waals surface area (Å²) in [5, 5.41) is 9.30. The van der Waals surface area contributed by atoms with Gasteiger partial charge in [0.2, 0.25) is 0 Å². The molecule has 1 heterocycles. The van der Waals surface area contributed by atoms with Crippen molar-refractivity contribution in [1.29, 1.82) is 0 Å². The number of hydrogen-bond acceptors (Lipinski definition) is 2. The van der Waals surface area contributed by atoms with Gasteiger partial charge in [-0.1, -0.05) is 42.5 Å². The van der Waals surface area contributed by atoms with E-state index in [1.807, 2.05) is 42.5 Å². The highest BCUT2D eigenvalue weighted by atomic mass is 16.5. The first-order chi connectivity index (χ1) is 6.85. The Balaban J connectivity index is 2.13. The van der Waals surface area contributed by atoms with Gasteiger partial charge in [0, 0.05) is 6.42 Å². The molecule has 1 N–H and O–H groups in total. The lowest BCUT2D eigenvalue weighted by Crippen LogP contribution is -2.34. The summed E-state index contributed by atoms with van der Waals surface area (Å²) in [6.45, 7) is 0.645. The van der Waals surface area contributed by atoms with Gasteiger partial charge in [0.25, 0.3) is 0 Å². The molecule has 0 aliphatic carbocycles. The minimum atomic E-state index is -0.485. The summed E-state index contributed by atoms with van der Waals surface area (Å²) in [4.78, 5) is 0. The molecule has 0 bridgehead atoms. The van der Waals surface area contributed by atoms with Crippen molar-refractivity contribution in [2.75, 3.05) is 13.2 Å². The van der Waals surface area contributed by atoms with Crippen molar-refractivity contribution in [1.82, 2.24) is 0 Å². The van der Waals surface area contributed by atoms with Gasteiger partial charge in [0.1, 0.15) is 5.60 Å². The largest absolute Gasteiger partial charge is 0.393 e. The van der Waals surface area contributed by atoms with Crippen LogP contribution < -0.4 is 0 Å². The highest BCUT2D eigenvalue weighted by Gasteiger charge is 2.30. The van der Waals surface area contributed by atoms with Crippen LogP contribution in [0.3, 0.4) is 0 Å². The second-order valence-corrected chi connectivity index (χ2v) is 3.60. The summed E-state index contributed by atoms with van der Waals surface area (Å²) in [5.74, 6) is 0. The Morgan fingerprint density at radius 1 is 1.29 bits per heavy atom. The van der Waals surface area contributed by atoms with Crippen LogP contribution in [0, 0.1) is 0 Å². The summed E-state index contributed by atoms with van der Waals surface area (Å²) >= 11 is 0. The summed E-state index contributed by atoms with van der Waals surface area (Å²) < 4.78 is 5.53. The number of rotatable bonds is 3. The standard InChI is InChI=1S/C12H14O2/c13-10-12(7-4-8-14-12)9-11-5-2-1-3-6-11/h1-7,13H,8-10H2. The van der Waals surface area contributed by atoms with Gasteiger partial charge in [0.15, 0.2) is 0 Å². The Morgan fingerprint density at radius 2 is 2.07 bits per heavy atom. The van der Waals surface area contributed by atoms with Crippen LogP contribution in [0.25, 0.3) is 0 Å². The number of ether oxygens (including phenoxy) is 1. The minimum absolute atomic E-state index is 0.0401. The van der Waals surface area contributed by atoms with Crippen molar-refractivity contribution in [3.63, 3.8) is 0 Å². The first-order valence-corrected chi connectivity index (χ1v) is 4.81. The topological polar surface area (TPSA) is 29.5 Å².